The fourth-order valence-electron chi connectivity index (χ4n) is 3.18. The van der Waals surface area contributed by atoms with Crippen molar-refractivity contribution in [3.05, 3.63) is 0 Å². The Labute approximate surface area is 106 Å². The molecule has 0 amide bonds. The molecule has 0 aromatic carbocycles. The summed E-state index contributed by atoms with van der Waals surface area (Å²) in [5, 5.41) is 0. The molecule has 0 aliphatic carbocycles. The molecule has 0 saturated carbocycles. The van der Waals surface area contributed by atoms with E-state index in [4.69, 9.17) is 4.74 Å². The number of hydrogen-bond donors (Lipinski definition) is 0. The number of piperazine rings is 1. The van der Waals surface area contributed by atoms with Crippen LogP contribution in [0, 0.1) is 0 Å². The van der Waals surface area contributed by atoms with Crippen LogP contribution < -0.4 is 0 Å². The second-order valence-electron chi connectivity index (χ2n) is 5.54. The Hall–Kier alpha value is -0.120. The first kappa shape index (κ1) is 13.3. The van der Waals surface area contributed by atoms with Crippen molar-refractivity contribution in [1.29, 1.82) is 0 Å². The van der Waals surface area contributed by atoms with Gasteiger partial charge in [0.2, 0.25) is 0 Å². The van der Waals surface area contributed by atoms with Gasteiger partial charge in [0.15, 0.2) is 0 Å². The van der Waals surface area contributed by atoms with Crippen LogP contribution in [0.2, 0.25) is 0 Å². The summed E-state index contributed by atoms with van der Waals surface area (Å²) in [4.78, 5) is 5.39. The Morgan fingerprint density at radius 2 is 2.00 bits per heavy atom. The minimum atomic E-state index is 0.872. The molecule has 2 fully saturated rings. The highest BCUT2D eigenvalue weighted by molar-refractivity contribution is 4.84. The molecule has 2 heterocycles. The van der Waals surface area contributed by atoms with Gasteiger partial charge in [0.25, 0.3) is 0 Å². The fourth-order valence-corrected chi connectivity index (χ4v) is 3.18. The molecule has 2 aliphatic rings. The Balaban J connectivity index is 1.59. The van der Waals surface area contributed by atoms with E-state index in [-0.39, 0.29) is 0 Å². The van der Waals surface area contributed by atoms with Gasteiger partial charge in [-0.05, 0) is 45.2 Å². The number of piperidine rings is 1. The van der Waals surface area contributed by atoms with Crippen LogP contribution in [0.4, 0.5) is 0 Å². The molecule has 100 valence electrons. The Kier molecular flexibility index (Phi) is 5.75. The molecule has 1 atom stereocenters. The number of fused-ring (bicyclic) bond motifs is 1. The standard InChI is InChI=1S/C14H28N2O/c1-17-12-6-2-4-8-15-10-11-16-9-5-3-7-14(16)13-15/h14H,2-13H2,1H3. The lowest BCUT2D eigenvalue weighted by Gasteiger charge is -2.44. The van der Waals surface area contributed by atoms with Gasteiger partial charge in [-0.1, -0.05) is 6.42 Å². The average Bonchev–Trinajstić information content (AvgIpc) is 2.38. The highest BCUT2D eigenvalue weighted by Crippen LogP contribution is 2.21. The van der Waals surface area contributed by atoms with E-state index in [9.17, 15) is 0 Å². The van der Waals surface area contributed by atoms with Gasteiger partial charge in [0, 0.05) is 39.4 Å². The molecular formula is C14H28N2O. The molecule has 2 rings (SSSR count). The third kappa shape index (κ3) is 4.23. The number of hydrogen-bond acceptors (Lipinski definition) is 3. The largest absolute Gasteiger partial charge is 0.385 e. The minimum absolute atomic E-state index is 0.872. The molecule has 0 aromatic rings. The lowest BCUT2D eigenvalue weighted by Crippen LogP contribution is -2.54. The first-order chi connectivity index (χ1) is 8.40. The normalized spacial score (nSPS) is 27.0. The number of ether oxygens (including phenoxy) is 1. The number of nitrogens with zero attached hydrogens (tertiary/aromatic N) is 2. The molecule has 0 radical (unpaired) electrons. The van der Waals surface area contributed by atoms with E-state index in [1.165, 1.54) is 71.2 Å². The molecule has 2 saturated heterocycles. The molecule has 17 heavy (non-hydrogen) atoms. The van der Waals surface area contributed by atoms with E-state index >= 15 is 0 Å². The van der Waals surface area contributed by atoms with Crippen molar-refractivity contribution < 1.29 is 4.74 Å². The molecule has 3 nitrogen and oxygen atoms in total. The Morgan fingerprint density at radius 1 is 1.06 bits per heavy atom. The predicted molar refractivity (Wildman–Crippen MR) is 71.4 cm³/mol. The number of unbranched alkanes of at least 4 members (excludes halogenated alkanes) is 2. The topological polar surface area (TPSA) is 15.7 Å². The van der Waals surface area contributed by atoms with E-state index in [2.05, 4.69) is 9.80 Å². The van der Waals surface area contributed by atoms with Crippen LogP contribution in [0.3, 0.4) is 0 Å². The molecule has 0 spiro atoms. The van der Waals surface area contributed by atoms with Crippen LogP contribution >= 0.6 is 0 Å². The molecule has 0 bridgehead atoms. The third-order valence-corrected chi connectivity index (χ3v) is 4.24. The fraction of sp³-hybridized carbons (Fsp3) is 1.00. The van der Waals surface area contributed by atoms with E-state index in [1.807, 2.05) is 0 Å². The van der Waals surface area contributed by atoms with E-state index < -0.39 is 0 Å². The minimum Gasteiger partial charge on any atom is -0.385 e. The van der Waals surface area contributed by atoms with Gasteiger partial charge < -0.3 is 9.64 Å². The van der Waals surface area contributed by atoms with Gasteiger partial charge >= 0.3 is 0 Å². The molecule has 1 unspecified atom stereocenters. The van der Waals surface area contributed by atoms with Crippen LogP contribution in [0.1, 0.15) is 38.5 Å². The van der Waals surface area contributed by atoms with Crippen molar-refractivity contribution in [2.24, 2.45) is 0 Å². The monoisotopic (exact) mass is 240 g/mol. The van der Waals surface area contributed by atoms with Crippen molar-refractivity contribution in [3.8, 4) is 0 Å². The van der Waals surface area contributed by atoms with Crippen molar-refractivity contribution >= 4 is 0 Å². The Morgan fingerprint density at radius 3 is 2.88 bits per heavy atom. The number of rotatable bonds is 6. The van der Waals surface area contributed by atoms with E-state index in [0.717, 1.165) is 12.6 Å². The zero-order chi connectivity index (χ0) is 11.9. The van der Waals surface area contributed by atoms with Crippen molar-refractivity contribution in [2.75, 3.05) is 46.4 Å². The van der Waals surface area contributed by atoms with Gasteiger partial charge in [0.1, 0.15) is 0 Å². The first-order valence-electron chi connectivity index (χ1n) is 7.35. The van der Waals surface area contributed by atoms with E-state index in [0.29, 0.717) is 0 Å². The van der Waals surface area contributed by atoms with Crippen molar-refractivity contribution in [3.63, 3.8) is 0 Å². The van der Waals surface area contributed by atoms with E-state index in [1.54, 1.807) is 7.11 Å². The van der Waals surface area contributed by atoms with Gasteiger partial charge in [-0.25, -0.2) is 0 Å². The second kappa shape index (κ2) is 7.34. The summed E-state index contributed by atoms with van der Waals surface area (Å²) < 4.78 is 5.08. The van der Waals surface area contributed by atoms with Crippen molar-refractivity contribution in [1.82, 2.24) is 9.80 Å². The summed E-state index contributed by atoms with van der Waals surface area (Å²) >= 11 is 0. The average molecular weight is 240 g/mol. The van der Waals surface area contributed by atoms with Crippen LogP contribution in [-0.2, 0) is 4.74 Å². The van der Waals surface area contributed by atoms with Crippen molar-refractivity contribution in [2.45, 2.75) is 44.6 Å². The lowest BCUT2D eigenvalue weighted by molar-refractivity contribution is 0.0483. The summed E-state index contributed by atoms with van der Waals surface area (Å²) in [6, 6.07) is 0.872. The SMILES string of the molecule is COCCCCCN1CCN2CCCCC2C1. The lowest BCUT2D eigenvalue weighted by atomic mass is 9.99. The summed E-state index contributed by atoms with van der Waals surface area (Å²) in [6.45, 7) is 7.50. The highest BCUT2D eigenvalue weighted by Gasteiger charge is 2.28. The first-order valence-corrected chi connectivity index (χ1v) is 7.35. The maximum absolute atomic E-state index is 5.08. The van der Waals surface area contributed by atoms with Crippen LogP contribution in [-0.4, -0.2) is 62.3 Å². The summed E-state index contributed by atoms with van der Waals surface area (Å²) in [5.74, 6) is 0. The summed E-state index contributed by atoms with van der Waals surface area (Å²) in [6.07, 6.45) is 8.19. The zero-order valence-corrected chi connectivity index (χ0v) is 11.4. The predicted octanol–water partition coefficient (Wildman–Crippen LogP) is 1.97. The maximum Gasteiger partial charge on any atom is 0.0462 e. The third-order valence-electron chi connectivity index (χ3n) is 4.24. The quantitative estimate of drug-likeness (QED) is 0.660. The summed E-state index contributed by atoms with van der Waals surface area (Å²) in [7, 11) is 1.79. The Bertz CT molecular complexity index is 210. The summed E-state index contributed by atoms with van der Waals surface area (Å²) in [5.41, 5.74) is 0. The van der Waals surface area contributed by atoms with Crippen LogP contribution in [0.5, 0.6) is 0 Å². The van der Waals surface area contributed by atoms with Gasteiger partial charge in [-0.2, -0.15) is 0 Å². The molecule has 2 aliphatic heterocycles. The van der Waals surface area contributed by atoms with Gasteiger partial charge in [-0.3, -0.25) is 4.90 Å². The van der Waals surface area contributed by atoms with Gasteiger partial charge in [-0.15, -0.1) is 0 Å². The maximum atomic E-state index is 5.08. The second-order valence-corrected chi connectivity index (χ2v) is 5.54. The molecule has 0 N–H and O–H groups in total. The zero-order valence-electron chi connectivity index (χ0n) is 11.4. The molecule has 0 aromatic heterocycles. The van der Waals surface area contributed by atoms with Crippen LogP contribution in [0.25, 0.3) is 0 Å². The van der Waals surface area contributed by atoms with Gasteiger partial charge in [0.05, 0.1) is 0 Å². The molecule has 3 heteroatoms. The highest BCUT2D eigenvalue weighted by atomic mass is 16.5. The smallest absolute Gasteiger partial charge is 0.0462 e. The molecular weight excluding hydrogens is 212 g/mol. The van der Waals surface area contributed by atoms with Crippen LogP contribution in [0.15, 0.2) is 0 Å². The number of methoxy groups -OCH3 is 1.